The molecule has 27 heavy (non-hydrogen) atoms. The van der Waals surface area contributed by atoms with Gasteiger partial charge in [0.15, 0.2) is 5.69 Å². The number of likely N-dealkylation sites (N-methyl/N-ethyl adjacent to an activating group) is 1. The molecule has 6 nitrogen and oxygen atoms in total. The van der Waals surface area contributed by atoms with Crippen molar-refractivity contribution in [2.75, 3.05) is 20.1 Å². The number of rotatable bonds is 4. The van der Waals surface area contributed by atoms with Gasteiger partial charge in [-0.05, 0) is 38.0 Å². The summed E-state index contributed by atoms with van der Waals surface area (Å²) >= 11 is 0. The van der Waals surface area contributed by atoms with Gasteiger partial charge in [-0.15, -0.1) is 0 Å². The van der Waals surface area contributed by atoms with Crippen molar-refractivity contribution in [2.45, 2.75) is 51.9 Å². The number of carbonyl (C=O) groups excluding carboxylic acids is 1. The Balaban J connectivity index is 1.42. The number of benzene rings is 1. The van der Waals surface area contributed by atoms with Gasteiger partial charge in [-0.2, -0.15) is 5.10 Å². The SMILES string of the molecule is CC(C)N1CCCn2nc(C(=O)N(C)C[C@H]3Cc4ccccc4O3)cc2C1. The standard InChI is InChI=1S/C21H28N4O2/c1-15(2)24-9-6-10-25-17(13-24)12-19(22-25)21(26)23(3)14-18-11-16-7-4-5-8-20(16)27-18/h4-5,7-8,12,15,18H,6,9-11,13-14H2,1-3H3/t18-/m1/s1. The van der Waals surface area contributed by atoms with Crippen LogP contribution in [0.2, 0.25) is 0 Å². The first-order valence-corrected chi connectivity index (χ1v) is 9.82. The molecule has 1 aromatic carbocycles. The molecule has 0 N–H and O–H groups in total. The lowest BCUT2D eigenvalue weighted by Crippen LogP contribution is -2.36. The molecule has 4 rings (SSSR count). The summed E-state index contributed by atoms with van der Waals surface area (Å²) in [7, 11) is 1.83. The fourth-order valence-corrected chi connectivity index (χ4v) is 3.97. The summed E-state index contributed by atoms with van der Waals surface area (Å²) in [5.74, 6) is 0.900. The second kappa shape index (κ2) is 7.35. The van der Waals surface area contributed by atoms with Crippen molar-refractivity contribution in [1.82, 2.24) is 19.6 Å². The van der Waals surface area contributed by atoms with Crippen molar-refractivity contribution in [2.24, 2.45) is 0 Å². The molecular formula is C21H28N4O2. The monoisotopic (exact) mass is 368 g/mol. The van der Waals surface area contributed by atoms with Crippen molar-refractivity contribution in [3.8, 4) is 5.75 Å². The fraction of sp³-hybridized carbons (Fsp3) is 0.524. The number of fused-ring (bicyclic) bond motifs is 2. The number of amides is 1. The summed E-state index contributed by atoms with van der Waals surface area (Å²) in [4.78, 5) is 17.1. The van der Waals surface area contributed by atoms with Gasteiger partial charge in [-0.1, -0.05) is 18.2 Å². The molecule has 2 aliphatic rings. The van der Waals surface area contributed by atoms with Crippen molar-refractivity contribution in [3.63, 3.8) is 0 Å². The highest BCUT2D eigenvalue weighted by Gasteiger charge is 2.27. The number of hydrogen-bond donors (Lipinski definition) is 0. The summed E-state index contributed by atoms with van der Waals surface area (Å²) in [6, 6.07) is 10.5. The van der Waals surface area contributed by atoms with Crippen LogP contribution in [-0.4, -0.2) is 57.8 Å². The van der Waals surface area contributed by atoms with E-state index in [9.17, 15) is 4.79 Å². The number of aromatic nitrogens is 2. The largest absolute Gasteiger partial charge is 0.488 e. The lowest BCUT2D eigenvalue weighted by atomic mass is 10.1. The van der Waals surface area contributed by atoms with E-state index in [0.717, 1.165) is 43.9 Å². The van der Waals surface area contributed by atoms with Crippen LogP contribution in [0.4, 0.5) is 0 Å². The molecule has 2 aliphatic heterocycles. The maximum atomic E-state index is 12.9. The van der Waals surface area contributed by atoms with Gasteiger partial charge in [-0.3, -0.25) is 14.4 Å². The van der Waals surface area contributed by atoms with E-state index in [1.807, 2.05) is 36.0 Å². The predicted octanol–water partition coefficient (Wildman–Crippen LogP) is 2.57. The highest BCUT2D eigenvalue weighted by atomic mass is 16.5. The number of nitrogens with zero attached hydrogens (tertiary/aromatic N) is 4. The van der Waals surface area contributed by atoms with Crippen molar-refractivity contribution < 1.29 is 9.53 Å². The Morgan fingerprint density at radius 1 is 1.33 bits per heavy atom. The molecule has 0 radical (unpaired) electrons. The van der Waals surface area contributed by atoms with Crippen molar-refractivity contribution in [3.05, 3.63) is 47.3 Å². The molecular weight excluding hydrogens is 340 g/mol. The Bertz CT molecular complexity index is 804. The van der Waals surface area contributed by atoms with E-state index >= 15 is 0 Å². The summed E-state index contributed by atoms with van der Waals surface area (Å²) in [6.45, 7) is 7.79. The molecule has 0 spiro atoms. The van der Waals surface area contributed by atoms with Gasteiger partial charge in [0.1, 0.15) is 11.9 Å². The van der Waals surface area contributed by atoms with E-state index in [0.29, 0.717) is 18.3 Å². The zero-order valence-corrected chi connectivity index (χ0v) is 16.4. The lowest BCUT2D eigenvalue weighted by Gasteiger charge is -2.23. The number of aryl methyl sites for hydroxylation is 1. The predicted molar refractivity (Wildman–Crippen MR) is 104 cm³/mol. The van der Waals surface area contributed by atoms with Gasteiger partial charge in [0, 0.05) is 39.1 Å². The lowest BCUT2D eigenvalue weighted by molar-refractivity contribution is 0.0723. The number of ether oxygens (including phenoxy) is 1. The minimum atomic E-state index is -0.0359. The molecule has 0 saturated heterocycles. The molecule has 0 bridgehead atoms. The van der Waals surface area contributed by atoms with E-state index in [1.165, 1.54) is 5.56 Å². The van der Waals surface area contributed by atoms with Crippen LogP contribution in [0.3, 0.4) is 0 Å². The molecule has 1 atom stereocenters. The average Bonchev–Trinajstić information content (AvgIpc) is 3.18. The van der Waals surface area contributed by atoms with Crippen LogP contribution in [0.15, 0.2) is 30.3 Å². The second-order valence-electron chi connectivity index (χ2n) is 7.90. The molecule has 3 heterocycles. The normalized spacial score (nSPS) is 19.3. The number of para-hydroxylation sites is 1. The summed E-state index contributed by atoms with van der Waals surface area (Å²) in [5, 5.41) is 4.60. The molecule has 2 aromatic rings. The third-order valence-electron chi connectivity index (χ3n) is 5.53. The Kier molecular flexibility index (Phi) is 4.91. The Morgan fingerprint density at radius 3 is 2.93 bits per heavy atom. The Labute approximate surface area is 160 Å². The average molecular weight is 368 g/mol. The molecule has 1 amide bonds. The second-order valence-corrected chi connectivity index (χ2v) is 7.90. The molecule has 0 fully saturated rings. The van der Waals surface area contributed by atoms with Crippen LogP contribution in [0, 0.1) is 0 Å². The first-order valence-electron chi connectivity index (χ1n) is 9.82. The minimum absolute atomic E-state index is 0.00761. The zero-order valence-electron chi connectivity index (χ0n) is 16.4. The summed E-state index contributed by atoms with van der Waals surface area (Å²) in [6.07, 6.45) is 1.91. The van der Waals surface area contributed by atoms with Gasteiger partial charge in [-0.25, -0.2) is 0 Å². The van der Waals surface area contributed by atoms with E-state index in [1.54, 1.807) is 4.90 Å². The molecule has 144 valence electrons. The van der Waals surface area contributed by atoms with Crippen molar-refractivity contribution in [1.29, 1.82) is 0 Å². The Morgan fingerprint density at radius 2 is 2.15 bits per heavy atom. The number of carbonyl (C=O) groups is 1. The van der Waals surface area contributed by atoms with Crippen molar-refractivity contribution >= 4 is 5.91 Å². The first-order chi connectivity index (χ1) is 13.0. The maximum Gasteiger partial charge on any atom is 0.274 e. The summed E-state index contributed by atoms with van der Waals surface area (Å²) < 4.78 is 7.98. The van der Waals surface area contributed by atoms with Crippen LogP contribution < -0.4 is 4.74 Å². The molecule has 6 heteroatoms. The molecule has 0 unspecified atom stereocenters. The Hall–Kier alpha value is -2.34. The van der Waals surface area contributed by atoms with Crippen LogP contribution in [0.25, 0.3) is 0 Å². The third-order valence-corrected chi connectivity index (χ3v) is 5.53. The summed E-state index contributed by atoms with van der Waals surface area (Å²) in [5.41, 5.74) is 2.88. The quantitative estimate of drug-likeness (QED) is 0.832. The van der Waals surface area contributed by atoms with Crippen LogP contribution >= 0.6 is 0 Å². The maximum absolute atomic E-state index is 12.9. The van der Waals surface area contributed by atoms with E-state index < -0.39 is 0 Å². The van der Waals surface area contributed by atoms with E-state index in [4.69, 9.17) is 4.74 Å². The topological polar surface area (TPSA) is 50.6 Å². The third kappa shape index (κ3) is 3.72. The van der Waals surface area contributed by atoms with Gasteiger partial charge >= 0.3 is 0 Å². The first kappa shape index (κ1) is 18.0. The zero-order chi connectivity index (χ0) is 19.0. The smallest absolute Gasteiger partial charge is 0.274 e. The number of hydrogen-bond acceptors (Lipinski definition) is 4. The van der Waals surface area contributed by atoms with E-state index in [-0.39, 0.29) is 12.0 Å². The van der Waals surface area contributed by atoms with E-state index in [2.05, 4.69) is 29.9 Å². The van der Waals surface area contributed by atoms with Crippen LogP contribution in [0.1, 0.15) is 42.0 Å². The van der Waals surface area contributed by atoms with Gasteiger partial charge < -0.3 is 9.64 Å². The van der Waals surface area contributed by atoms with Gasteiger partial charge in [0.05, 0.1) is 12.2 Å². The van der Waals surface area contributed by atoms with Crippen LogP contribution in [0.5, 0.6) is 5.75 Å². The molecule has 1 aromatic heterocycles. The molecule has 0 aliphatic carbocycles. The van der Waals surface area contributed by atoms with Gasteiger partial charge in [0.2, 0.25) is 0 Å². The van der Waals surface area contributed by atoms with Gasteiger partial charge in [0.25, 0.3) is 5.91 Å². The molecule has 0 saturated carbocycles. The highest BCUT2D eigenvalue weighted by Crippen LogP contribution is 2.28. The highest BCUT2D eigenvalue weighted by molar-refractivity contribution is 5.92. The van der Waals surface area contributed by atoms with Crippen LogP contribution in [-0.2, 0) is 19.5 Å². The fourth-order valence-electron chi connectivity index (χ4n) is 3.97. The minimum Gasteiger partial charge on any atom is -0.488 e.